The monoisotopic (exact) mass is 317 g/mol. The van der Waals surface area contributed by atoms with E-state index in [0.717, 1.165) is 0 Å². The van der Waals surface area contributed by atoms with Crippen molar-refractivity contribution in [2.24, 2.45) is 0 Å². The number of ether oxygens (including phenoxy) is 1. The number of rotatable bonds is 3. The molecular weight excluding hydrogens is 312 g/mol. The van der Waals surface area contributed by atoms with E-state index in [2.05, 4.69) is 20.7 Å². The van der Waals surface area contributed by atoms with Crippen LogP contribution in [0.3, 0.4) is 0 Å². The van der Waals surface area contributed by atoms with Gasteiger partial charge in [0.2, 0.25) is 5.75 Å². The van der Waals surface area contributed by atoms with Crippen LogP contribution in [-0.4, -0.2) is 11.5 Å². The van der Waals surface area contributed by atoms with Gasteiger partial charge in [-0.15, -0.1) is 0 Å². The normalized spacial score (nSPS) is 10.9. The summed E-state index contributed by atoms with van der Waals surface area (Å²) in [6, 6.07) is 7.51. The summed E-state index contributed by atoms with van der Waals surface area (Å²) in [4.78, 5) is 10.3. The standard InChI is InChI=1S/C11H6BrF2NO3/c12-7-3-1-6-2-4-9(18-11(13)14)10(15(16)17)8(6)5-7/h1-5,11H. The summed E-state index contributed by atoms with van der Waals surface area (Å²) in [5.41, 5.74) is -0.464. The fourth-order valence-electron chi connectivity index (χ4n) is 1.64. The molecule has 0 fully saturated rings. The SMILES string of the molecule is O=[N+]([O-])c1c(OC(F)F)ccc2ccc(Br)cc12. The maximum absolute atomic E-state index is 12.2. The number of nitro benzene ring substituents is 1. The molecule has 0 unspecified atom stereocenters. The number of hydrogen-bond acceptors (Lipinski definition) is 3. The zero-order valence-electron chi connectivity index (χ0n) is 8.77. The molecule has 0 saturated carbocycles. The zero-order chi connectivity index (χ0) is 13.3. The highest BCUT2D eigenvalue weighted by molar-refractivity contribution is 9.10. The summed E-state index contributed by atoms with van der Waals surface area (Å²) in [5, 5.41) is 11.8. The highest BCUT2D eigenvalue weighted by Crippen LogP contribution is 2.37. The lowest BCUT2D eigenvalue weighted by atomic mass is 10.1. The van der Waals surface area contributed by atoms with Gasteiger partial charge in [0.25, 0.3) is 0 Å². The second-order valence-electron chi connectivity index (χ2n) is 3.41. The second-order valence-corrected chi connectivity index (χ2v) is 4.33. The van der Waals surface area contributed by atoms with E-state index in [0.29, 0.717) is 9.86 Å². The third-order valence-electron chi connectivity index (χ3n) is 2.32. The van der Waals surface area contributed by atoms with Crippen LogP contribution in [0.2, 0.25) is 0 Å². The van der Waals surface area contributed by atoms with E-state index in [1.54, 1.807) is 12.1 Å². The van der Waals surface area contributed by atoms with Crippen LogP contribution in [0.25, 0.3) is 10.8 Å². The number of fused-ring (bicyclic) bond motifs is 1. The van der Waals surface area contributed by atoms with Crippen LogP contribution in [0.4, 0.5) is 14.5 Å². The minimum absolute atomic E-state index is 0.243. The second kappa shape index (κ2) is 4.85. The number of alkyl halides is 2. The molecule has 0 atom stereocenters. The van der Waals surface area contributed by atoms with Crippen LogP contribution >= 0.6 is 15.9 Å². The molecule has 2 aromatic rings. The van der Waals surface area contributed by atoms with Crippen molar-refractivity contribution in [1.29, 1.82) is 0 Å². The van der Waals surface area contributed by atoms with Gasteiger partial charge in [-0.2, -0.15) is 8.78 Å². The van der Waals surface area contributed by atoms with Crippen molar-refractivity contribution >= 4 is 32.4 Å². The van der Waals surface area contributed by atoms with Crippen LogP contribution < -0.4 is 4.74 Å². The summed E-state index contributed by atoms with van der Waals surface area (Å²) < 4.78 is 29.2. The van der Waals surface area contributed by atoms with Gasteiger partial charge in [0.1, 0.15) is 0 Å². The van der Waals surface area contributed by atoms with E-state index in [1.807, 2.05) is 0 Å². The van der Waals surface area contributed by atoms with E-state index in [4.69, 9.17) is 0 Å². The molecule has 2 aromatic carbocycles. The summed E-state index contributed by atoms with van der Waals surface area (Å²) in [6.45, 7) is -3.10. The van der Waals surface area contributed by atoms with Crippen LogP contribution in [-0.2, 0) is 0 Å². The third kappa shape index (κ3) is 2.40. The average molecular weight is 318 g/mol. The van der Waals surface area contributed by atoms with Crippen LogP contribution in [0.1, 0.15) is 0 Å². The number of nitro groups is 1. The average Bonchev–Trinajstić information content (AvgIpc) is 2.26. The predicted octanol–water partition coefficient (Wildman–Crippen LogP) is 4.11. The lowest BCUT2D eigenvalue weighted by molar-refractivity contribution is -0.384. The molecule has 7 heteroatoms. The molecule has 2 rings (SSSR count). The topological polar surface area (TPSA) is 52.4 Å². The van der Waals surface area contributed by atoms with E-state index in [1.165, 1.54) is 18.2 Å². The van der Waals surface area contributed by atoms with Crippen molar-refractivity contribution in [2.75, 3.05) is 0 Å². The molecule has 0 aliphatic rings. The van der Waals surface area contributed by atoms with E-state index in [9.17, 15) is 18.9 Å². The van der Waals surface area contributed by atoms with E-state index < -0.39 is 23.0 Å². The van der Waals surface area contributed by atoms with Gasteiger partial charge in [-0.05, 0) is 23.6 Å². The summed E-state index contributed by atoms with van der Waals surface area (Å²) in [6.07, 6.45) is 0. The molecular formula is C11H6BrF2NO3. The minimum atomic E-state index is -3.10. The largest absolute Gasteiger partial charge is 0.427 e. The lowest BCUT2D eigenvalue weighted by Crippen LogP contribution is -2.04. The van der Waals surface area contributed by atoms with Gasteiger partial charge in [-0.3, -0.25) is 10.1 Å². The minimum Gasteiger partial charge on any atom is -0.427 e. The Morgan fingerprint density at radius 1 is 1.28 bits per heavy atom. The van der Waals surface area contributed by atoms with Gasteiger partial charge in [0.15, 0.2) is 0 Å². The van der Waals surface area contributed by atoms with Crippen molar-refractivity contribution in [3.63, 3.8) is 0 Å². The Labute approximate surface area is 108 Å². The maximum Gasteiger partial charge on any atom is 0.387 e. The molecule has 94 valence electrons. The highest BCUT2D eigenvalue weighted by Gasteiger charge is 2.22. The maximum atomic E-state index is 12.2. The van der Waals surface area contributed by atoms with Crippen LogP contribution in [0.5, 0.6) is 5.75 Å². The Kier molecular flexibility index (Phi) is 3.42. The van der Waals surface area contributed by atoms with Gasteiger partial charge >= 0.3 is 12.3 Å². The van der Waals surface area contributed by atoms with Gasteiger partial charge in [-0.25, -0.2) is 0 Å². The molecule has 4 nitrogen and oxygen atoms in total. The Balaban J connectivity index is 2.72. The zero-order valence-corrected chi connectivity index (χ0v) is 10.4. The number of hydrogen-bond donors (Lipinski definition) is 0. The highest BCUT2D eigenvalue weighted by atomic mass is 79.9. The molecule has 0 heterocycles. The van der Waals surface area contributed by atoms with Crippen molar-refractivity contribution in [3.05, 3.63) is 44.9 Å². The number of halogens is 3. The molecule has 0 aliphatic carbocycles. The molecule has 0 saturated heterocycles. The molecule has 0 aromatic heterocycles. The van der Waals surface area contributed by atoms with Crippen LogP contribution in [0, 0.1) is 10.1 Å². The first-order valence-corrected chi connectivity index (χ1v) is 5.60. The smallest absolute Gasteiger partial charge is 0.387 e. The van der Waals surface area contributed by atoms with Gasteiger partial charge in [-0.1, -0.05) is 28.1 Å². The number of benzene rings is 2. The van der Waals surface area contributed by atoms with Crippen LogP contribution in [0.15, 0.2) is 34.8 Å². The van der Waals surface area contributed by atoms with Gasteiger partial charge in [0.05, 0.1) is 10.3 Å². The fraction of sp³-hybridized carbons (Fsp3) is 0.0909. The fourth-order valence-corrected chi connectivity index (χ4v) is 2.00. The molecule has 0 amide bonds. The third-order valence-corrected chi connectivity index (χ3v) is 2.81. The Bertz CT molecular complexity index is 619. The van der Waals surface area contributed by atoms with Crippen molar-refractivity contribution in [2.45, 2.75) is 6.61 Å². The summed E-state index contributed by atoms with van der Waals surface area (Å²) in [7, 11) is 0. The molecule has 0 spiro atoms. The predicted molar refractivity (Wildman–Crippen MR) is 64.9 cm³/mol. The molecule has 0 N–H and O–H groups in total. The first-order chi connectivity index (χ1) is 8.49. The van der Waals surface area contributed by atoms with E-state index in [-0.39, 0.29) is 5.39 Å². The Hall–Kier alpha value is -1.76. The molecule has 18 heavy (non-hydrogen) atoms. The quantitative estimate of drug-likeness (QED) is 0.632. The number of nitrogens with zero attached hydrogens (tertiary/aromatic N) is 1. The van der Waals surface area contributed by atoms with E-state index >= 15 is 0 Å². The van der Waals surface area contributed by atoms with Crippen molar-refractivity contribution in [1.82, 2.24) is 0 Å². The first-order valence-electron chi connectivity index (χ1n) is 4.80. The summed E-state index contributed by atoms with van der Waals surface area (Å²) in [5.74, 6) is -0.444. The van der Waals surface area contributed by atoms with Crippen molar-refractivity contribution in [3.8, 4) is 5.75 Å². The van der Waals surface area contributed by atoms with Crippen molar-refractivity contribution < 1.29 is 18.4 Å². The molecule has 0 aliphatic heterocycles. The van der Waals surface area contributed by atoms with Gasteiger partial charge < -0.3 is 4.74 Å². The Morgan fingerprint density at radius 3 is 2.56 bits per heavy atom. The Morgan fingerprint density at radius 2 is 1.94 bits per heavy atom. The first kappa shape index (κ1) is 12.7. The summed E-state index contributed by atoms with van der Waals surface area (Å²) >= 11 is 3.18. The molecule has 0 radical (unpaired) electrons. The molecule has 0 bridgehead atoms. The van der Waals surface area contributed by atoms with Gasteiger partial charge in [0, 0.05) is 4.47 Å². The lowest BCUT2D eigenvalue weighted by Gasteiger charge is -2.07.